The third-order valence-electron chi connectivity index (χ3n) is 3.36. The van der Waals surface area contributed by atoms with Gasteiger partial charge >= 0.3 is 0 Å². The Labute approximate surface area is 122 Å². The van der Waals surface area contributed by atoms with Gasteiger partial charge in [0.05, 0.1) is 4.90 Å². The Balaban J connectivity index is 2.85. The summed E-state index contributed by atoms with van der Waals surface area (Å²) in [7, 11) is -3.49. The molecule has 5 heteroatoms. The number of nitrogens with two attached hydrogens (primary N) is 1. The summed E-state index contributed by atoms with van der Waals surface area (Å²) >= 11 is 0. The fourth-order valence-corrected chi connectivity index (χ4v) is 3.82. The molecule has 3 N–H and O–H groups in total. The van der Waals surface area contributed by atoms with E-state index in [0.717, 1.165) is 31.2 Å². The average molecular weight is 298 g/mol. The Bertz CT molecular complexity index is 527. The zero-order valence-corrected chi connectivity index (χ0v) is 13.5. The molecule has 0 aromatic heterocycles. The molecule has 1 aromatic rings. The van der Waals surface area contributed by atoms with E-state index in [1.54, 1.807) is 18.2 Å². The predicted octanol–water partition coefficient (Wildman–Crippen LogP) is 3.08. The number of anilines is 1. The van der Waals surface area contributed by atoms with Gasteiger partial charge in [-0.3, -0.25) is 0 Å². The van der Waals surface area contributed by atoms with E-state index in [1.807, 2.05) is 13.8 Å². The van der Waals surface area contributed by atoms with Gasteiger partial charge in [-0.25, -0.2) is 13.1 Å². The first kappa shape index (κ1) is 17.0. The van der Waals surface area contributed by atoms with Crippen LogP contribution in [0.4, 0.5) is 5.69 Å². The van der Waals surface area contributed by atoms with Crippen LogP contribution in [0.15, 0.2) is 23.1 Å². The van der Waals surface area contributed by atoms with E-state index < -0.39 is 10.0 Å². The molecule has 0 aliphatic carbocycles. The van der Waals surface area contributed by atoms with E-state index in [1.165, 1.54) is 0 Å². The maximum absolute atomic E-state index is 12.4. The van der Waals surface area contributed by atoms with Crippen molar-refractivity contribution in [2.24, 2.45) is 0 Å². The largest absolute Gasteiger partial charge is 0.399 e. The summed E-state index contributed by atoms with van der Waals surface area (Å²) in [6.45, 7) is 5.98. The molecule has 1 unspecified atom stereocenters. The topological polar surface area (TPSA) is 72.2 Å². The Morgan fingerprint density at radius 2 is 1.95 bits per heavy atom. The monoisotopic (exact) mass is 298 g/mol. The van der Waals surface area contributed by atoms with E-state index in [-0.39, 0.29) is 6.04 Å². The molecular weight excluding hydrogens is 272 g/mol. The first-order valence-corrected chi connectivity index (χ1v) is 8.79. The minimum atomic E-state index is -3.49. The number of nitrogens with one attached hydrogen (secondary N) is 1. The summed E-state index contributed by atoms with van der Waals surface area (Å²) in [6.07, 6.45) is 4.83. The highest BCUT2D eigenvalue weighted by Crippen LogP contribution is 2.20. The SMILES string of the molecule is CCCCCC(C)NS(=O)(=O)c1cc(N)ccc1CC. The van der Waals surface area contributed by atoms with Crippen molar-refractivity contribution in [2.45, 2.75) is 63.8 Å². The van der Waals surface area contributed by atoms with Crippen LogP contribution in [0.3, 0.4) is 0 Å². The van der Waals surface area contributed by atoms with Crippen LogP contribution in [-0.2, 0) is 16.4 Å². The summed E-state index contributed by atoms with van der Waals surface area (Å²) in [4.78, 5) is 0.308. The van der Waals surface area contributed by atoms with Gasteiger partial charge in [-0.2, -0.15) is 0 Å². The van der Waals surface area contributed by atoms with Crippen molar-refractivity contribution >= 4 is 15.7 Å². The first-order valence-electron chi connectivity index (χ1n) is 7.31. The first-order chi connectivity index (χ1) is 9.40. The molecule has 20 heavy (non-hydrogen) atoms. The van der Waals surface area contributed by atoms with Crippen LogP contribution in [0.1, 0.15) is 52.0 Å². The molecule has 0 bridgehead atoms. The lowest BCUT2D eigenvalue weighted by Gasteiger charge is -2.16. The highest BCUT2D eigenvalue weighted by atomic mass is 32.2. The molecule has 114 valence electrons. The summed E-state index contributed by atoms with van der Waals surface area (Å²) in [6, 6.07) is 5.01. The molecule has 0 saturated heterocycles. The summed E-state index contributed by atoms with van der Waals surface area (Å²) in [5.74, 6) is 0. The normalized spacial score (nSPS) is 13.3. The standard InChI is InChI=1S/C15H26N2O2S/c1-4-6-7-8-12(3)17-20(18,19)15-11-14(16)10-9-13(15)5-2/h9-12,17H,4-8,16H2,1-3H3. The fourth-order valence-electron chi connectivity index (χ4n) is 2.20. The van der Waals surface area contributed by atoms with Crippen molar-refractivity contribution in [3.05, 3.63) is 23.8 Å². The fraction of sp³-hybridized carbons (Fsp3) is 0.600. The number of hydrogen-bond acceptors (Lipinski definition) is 3. The molecule has 0 saturated carbocycles. The molecule has 1 rings (SSSR count). The molecule has 0 radical (unpaired) electrons. The molecule has 0 aliphatic heterocycles. The minimum Gasteiger partial charge on any atom is -0.399 e. The van der Waals surface area contributed by atoms with Gasteiger partial charge in [-0.15, -0.1) is 0 Å². The van der Waals surface area contributed by atoms with Gasteiger partial charge in [0.1, 0.15) is 0 Å². The number of rotatable bonds is 8. The summed E-state index contributed by atoms with van der Waals surface area (Å²) in [5.41, 5.74) is 6.99. The second-order valence-corrected chi connectivity index (χ2v) is 6.92. The van der Waals surface area contributed by atoms with Crippen LogP contribution in [-0.4, -0.2) is 14.5 Å². The van der Waals surface area contributed by atoms with Crippen molar-refractivity contribution in [3.8, 4) is 0 Å². The van der Waals surface area contributed by atoms with Gasteiger partial charge in [-0.1, -0.05) is 39.2 Å². The molecule has 1 atom stereocenters. The molecular formula is C15H26N2O2S. The van der Waals surface area contributed by atoms with E-state index >= 15 is 0 Å². The Morgan fingerprint density at radius 3 is 2.55 bits per heavy atom. The lowest BCUT2D eigenvalue weighted by molar-refractivity contribution is 0.526. The van der Waals surface area contributed by atoms with Gasteiger partial charge < -0.3 is 5.73 Å². The summed E-state index contributed by atoms with van der Waals surface area (Å²) in [5, 5.41) is 0. The lowest BCUT2D eigenvalue weighted by Crippen LogP contribution is -2.33. The van der Waals surface area contributed by atoms with Crippen LogP contribution in [0.25, 0.3) is 0 Å². The van der Waals surface area contributed by atoms with Crippen molar-refractivity contribution in [2.75, 3.05) is 5.73 Å². The smallest absolute Gasteiger partial charge is 0.241 e. The highest BCUT2D eigenvalue weighted by Gasteiger charge is 2.20. The number of aryl methyl sites for hydroxylation is 1. The molecule has 0 spiro atoms. The predicted molar refractivity (Wildman–Crippen MR) is 84.2 cm³/mol. The van der Waals surface area contributed by atoms with Crippen molar-refractivity contribution < 1.29 is 8.42 Å². The van der Waals surface area contributed by atoms with Gasteiger partial charge in [0.15, 0.2) is 0 Å². The Hall–Kier alpha value is -1.07. The third kappa shape index (κ3) is 4.80. The highest BCUT2D eigenvalue weighted by molar-refractivity contribution is 7.89. The van der Waals surface area contributed by atoms with Gasteiger partial charge in [0, 0.05) is 11.7 Å². The van der Waals surface area contributed by atoms with Crippen molar-refractivity contribution in [1.29, 1.82) is 0 Å². The molecule has 1 aromatic carbocycles. The van der Waals surface area contributed by atoms with Crippen LogP contribution >= 0.6 is 0 Å². The van der Waals surface area contributed by atoms with Crippen LogP contribution in [0.5, 0.6) is 0 Å². The molecule has 0 amide bonds. The Kier molecular flexibility index (Phi) is 6.49. The molecule has 0 heterocycles. The van der Waals surface area contributed by atoms with Gasteiger partial charge in [0.25, 0.3) is 0 Å². The lowest BCUT2D eigenvalue weighted by atomic mass is 10.1. The quantitative estimate of drug-likeness (QED) is 0.572. The van der Waals surface area contributed by atoms with Crippen molar-refractivity contribution in [3.63, 3.8) is 0 Å². The average Bonchev–Trinajstić information content (AvgIpc) is 2.38. The number of hydrogen-bond donors (Lipinski definition) is 2. The van der Waals surface area contributed by atoms with E-state index in [9.17, 15) is 8.42 Å². The molecule has 4 nitrogen and oxygen atoms in total. The molecule has 0 fully saturated rings. The minimum absolute atomic E-state index is 0.0577. The van der Waals surface area contributed by atoms with Crippen LogP contribution in [0, 0.1) is 0 Å². The second kappa shape index (κ2) is 7.64. The van der Waals surface area contributed by atoms with Crippen LogP contribution in [0.2, 0.25) is 0 Å². The Morgan fingerprint density at radius 1 is 1.25 bits per heavy atom. The van der Waals surface area contributed by atoms with E-state index in [2.05, 4.69) is 11.6 Å². The van der Waals surface area contributed by atoms with Crippen molar-refractivity contribution in [1.82, 2.24) is 4.72 Å². The van der Waals surface area contributed by atoms with E-state index in [4.69, 9.17) is 5.73 Å². The number of sulfonamides is 1. The van der Waals surface area contributed by atoms with Crippen LogP contribution < -0.4 is 10.5 Å². The zero-order chi connectivity index (χ0) is 15.2. The maximum Gasteiger partial charge on any atom is 0.241 e. The number of benzene rings is 1. The zero-order valence-electron chi connectivity index (χ0n) is 12.6. The third-order valence-corrected chi connectivity index (χ3v) is 5.03. The number of unbranched alkanes of at least 4 members (excludes halogenated alkanes) is 2. The molecule has 0 aliphatic rings. The van der Waals surface area contributed by atoms with Gasteiger partial charge in [0.2, 0.25) is 10.0 Å². The van der Waals surface area contributed by atoms with Gasteiger partial charge in [-0.05, 0) is 37.5 Å². The number of nitrogen functional groups attached to an aromatic ring is 1. The summed E-state index contributed by atoms with van der Waals surface area (Å²) < 4.78 is 27.6. The maximum atomic E-state index is 12.4. The van der Waals surface area contributed by atoms with E-state index in [0.29, 0.717) is 17.0 Å². The second-order valence-electron chi connectivity index (χ2n) is 5.24.